The number of nitrogens with zero attached hydrogens (tertiary/aromatic N) is 5. The molecule has 2 aromatic heterocycles. The number of hydrogen-bond donors (Lipinski definition) is 0. The van der Waals surface area contributed by atoms with Crippen molar-refractivity contribution < 1.29 is 4.79 Å². The average Bonchev–Trinajstić information content (AvgIpc) is 2.96. The van der Waals surface area contributed by atoms with Crippen molar-refractivity contribution in [2.75, 3.05) is 20.1 Å². The fraction of sp³-hybridized carbons (Fsp3) is 0.533. The SMILES string of the molecule is CN1CCC2CCC(c3ncc4c(Cl)nccn34)CN2C1=O. The number of imidazole rings is 1. The van der Waals surface area contributed by atoms with E-state index >= 15 is 0 Å². The minimum absolute atomic E-state index is 0.140. The molecule has 7 heteroatoms. The summed E-state index contributed by atoms with van der Waals surface area (Å²) in [5, 5.41) is 0.462. The standard InChI is InChI=1S/C15H18ClN5O/c1-19-6-4-11-3-2-10(9-21(11)15(19)22)14-18-8-12-13(16)17-5-7-20(12)14/h5,7-8,10-11H,2-4,6,9H2,1H3. The summed E-state index contributed by atoms with van der Waals surface area (Å²) in [6.07, 6.45) is 8.49. The van der Waals surface area contributed by atoms with Crippen LogP contribution in [-0.4, -0.2) is 56.4 Å². The van der Waals surface area contributed by atoms with E-state index in [1.54, 1.807) is 12.4 Å². The van der Waals surface area contributed by atoms with E-state index in [1.165, 1.54) is 0 Å². The van der Waals surface area contributed by atoms with E-state index in [9.17, 15) is 4.79 Å². The maximum atomic E-state index is 12.4. The second-order valence-corrected chi connectivity index (χ2v) is 6.52. The molecule has 22 heavy (non-hydrogen) atoms. The molecule has 2 saturated heterocycles. The first-order valence-electron chi connectivity index (χ1n) is 7.64. The second-order valence-electron chi connectivity index (χ2n) is 6.16. The Morgan fingerprint density at radius 2 is 2.14 bits per heavy atom. The molecule has 2 aromatic rings. The Balaban J connectivity index is 1.66. The molecule has 4 heterocycles. The van der Waals surface area contributed by atoms with Crippen molar-refractivity contribution in [1.29, 1.82) is 0 Å². The fourth-order valence-electron chi connectivity index (χ4n) is 3.65. The lowest BCUT2D eigenvalue weighted by atomic mass is 9.89. The van der Waals surface area contributed by atoms with Crippen LogP contribution in [-0.2, 0) is 0 Å². The van der Waals surface area contributed by atoms with Crippen molar-refractivity contribution >= 4 is 23.1 Å². The lowest BCUT2D eigenvalue weighted by Gasteiger charge is -2.45. The molecule has 2 atom stereocenters. The number of halogens is 1. The van der Waals surface area contributed by atoms with Crippen LogP contribution in [0.4, 0.5) is 4.79 Å². The zero-order valence-electron chi connectivity index (χ0n) is 12.4. The number of fused-ring (bicyclic) bond motifs is 2. The third-order valence-corrected chi connectivity index (χ3v) is 5.17. The summed E-state index contributed by atoms with van der Waals surface area (Å²) < 4.78 is 2.00. The van der Waals surface area contributed by atoms with E-state index in [0.717, 1.165) is 43.7 Å². The molecule has 2 unspecified atom stereocenters. The molecule has 0 aromatic carbocycles. The van der Waals surface area contributed by atoms with Gasteiger partial charge in [-0.15, -0.1) is 0 Å². The largest absolute Gasteiger partial charge is 0.328 e. The Morgan fingerprint density at radius 3 is 3.00 bits per heavy atom. The summed E-state index contributed by atoms with van der Waals surface area (Å²) in [4.78, 5) is 24.8. The second kappa shape index (κ2) is 5.12. The molecule has 4 rings (SSSR count). The maximum Gasteiger partial charge on any atom is 0.320 e. The van der Waals surface area contributed by atoms with Crippen molar-refractivity contribution in [3.63, 3.8) is 0 Å². The number of urea groups is 1. The summed E-state index contributed by atoms with van der Waals surface area (Å²) in [5.74, 6) is 1.21. The van der Waals surface area contributed by atoms with Gasteiger partial charge in [0.1, 0.15) is 11.3 Å². The topological polar surface area (TPSA) is 53.7 Å². The zero-order chi connectivity index (χ0) is 15.3. The highest BCUT2D eigenvalue weighted by Gasteiger charge is 2.37. The number of aromatic nitrogens is 3. The number of amides is 2. The van der Waals surface area contributed by atoms with Gasteiger partial charge in [-0.2, -0.15) is 0 Å². The summed E-state index contributed by atoms with van der Waals surface area (Å²) >= 11 is 6.12. The van der Waals surface area contributed by atoms with Crippen LogP contribution in [0.15, 0.2) is 18.6 Å². The van der Waals surface area contributed by atoms with Gasteiger partial charge in [-0.3, -0.25) is 4.40 Å². The molecular formula is C15H18ClN5O. The highest BCUT2D eigenvalue weighted by Crippen LogP contribution is 2.33. The van der Waals surface area contributed by atoms with Gasteiger partial charge in [-0.25, -0.2) is 14.8 Å². The normalized spacial score (nSPS) is 25.6. The van der Waals surface area contributed by atoms with E-state index in [1.807, 2.05) is 27.4 Å². The lowest BCUT2D eigenvalue weighted by molar-refractivity contribution is 0.0805. The van der Waals surface area contributed by atoms with E-state index in [0.29, 0.717) is 11.2 Å². The number of carbonyl (C=O) groups is 1. The Kier molecular flexibility index (Phi) is 3.22. The van der Waals surface area contributed by atoms with Crippen LogP contribution < -0.4 is 0 Å². The Labute approximate surface area is 133 Å². The highest BCUT2D eigenvalue weighted by molar-refractivity contribution is 6.32. The number of carbonyl (C=O) groups excluding carboxylic acids is 1. The molecule has 0 radical (unpaired) electrons. The van der Waals surface area contributed by atoms with Crippen LogP contribution in [0.3, 0.4) is 0 Å². The molecule has 116 valence electrons. The molecule has 0 aliphatic carbocycles. The average molecular weight is 320 g/mol. The molecule has 2 aliphatic heterocycles. The van der Waals surface area contributed by atoms with E-state index in [2.05, 4.69) is 9.97 Å². The number of rotatable bonds is 1. The molecule has 2 fully saturated rings. The van der Waals surface area contributed by atoms with Crippen LogP contribution in [0.5, 0.6) is 0 Å². The van der Waals surface area contributed by atoms with Crippen LogP contribution in [0.2, 0.25) is 5.15 Å². The summed E-state index contributed by atoms with van der Waals surface area (Å²) in [6, 6.07) is 0.526. The van der Waals surface area contributed by atoms with Crippen LogP contribution in [0.25, 0.3) is 5.52 Å². The van der Waals surface area contributed by atoms with Gasteiger partial charge in [0.05, 0.1) is 6.20 Å². The van der Waals surface area contributed by atoms with Crippen molar-refractivity contribution in [1.82, 2.24) is 24.2 Å². The monoisotopic (exact) mass is 319 g/mol. The minimum Gasteiger partial charge on any atom is -0.328 e. The van der Waals surface area contributed by atoms with Crippen LogP contribution in [0, 0.1) is 0 Å². The predicted octanol–water partition coefficient (Wildman–Crippen LogP) is 2.39. The number of hydrogen-bond acceptors (Lipinski definition) is 3. The van der Waals surface area contributed by atoms with E-state index < -0.39 is 0 Å². The van der Waals surface area contributed by atoms with Gasteiger partial charge < -0.3 is 9.80 Å². The van der Waals surface area contributed by atoms with E-state index in [-0.39, 0.29) is 11.9 Å². The Morgan fingerprint density at radius 1 is 1.27 bits per heavy atom. The molecule has 6 nitrogen and oxygen atoms in total. The molecular weight excluding hydrogens is 302 g/mol. The molecule has 2 amide bonds. The number of piperidine rings is 1. The third kappa shape index (κ3) is 2.05. The molecule has 0 N–H and O–H groups in total. The molecule has 2 aliphatic rings. The first-order valence-corrected chi connectivity index (χ1v) is 8.02. The predicted molar refractivity (Wildman–Crippen MR) is 83.1 cm³/mol. The van der Waals surface area contributed by atoms with Gasteiger partial charge in [-0.05, 0) is 19.3 Å². The van der Waals surface area contributed by atoms with Crippen molar-refractivity contribution in [3.05, 3.63) is 29.6 Å². The van der Waals surface area contributed by atoms with Crippen molar-refractivity contribution in [2.24, 2.45) is 0 Å². The van der Waals surface area contributed by atoms with Gasteiger partial charge in [-0.1, -0.05) is 11.6 Å². The van der Waals surface area contributed by atoms with Gasteiger partial charge in [0.2, 0.25) is 0 Å². The van der Waals surface area contributed by atoms with Crippen molar-refractivity contribution in [3.8, 4) is 0 Å². The maximum absolute atomic E-state index is 12.4. The third-order valence-electron chi connectivity index (χ3n) is 4.88. The quantitative estimate of drug-likeness (QED) is 0.811. The first-order chi connectivity index (χ1) is 10.6. The Bertz CT molecular complexity index is 730. The molecule has 0 saturated carbocycles. The summed E-state index contributed by atoms with van der Waals surface area (Å²) in [7, 11) is 1.87. The highest BCUT2D eigenvalue weighted by atomic mass is 35.5. The first kappa shape index (κ1) is 13.8. The minimum atomic E-state index is 0.140. The van der Waals surface area contributed by atoms with Crippen LogP contribution >= 0.6 is 11.6 Å². The van der Waals surface area contributed by atoms with Crippen molar-refractivity contribution in [2.45, 2.75) is 31.2 Å². The van der Waals surface area contributed by atoms with Crippen LogP contribution in [0.1, 0.15) is 31.0 Å². The molecule has 0 bridgehead atoms. The zero-order valence-corrected chi connectivity index (χ0v) is 13.2. The Hall–Kier alpha value is -1.82. The smallest absolute Gasteiger partial charge is 0.320 e. The van der Waals surface area contributed by atoms with E-state index in [4.69, 9.17) is 11.6 Å². The molecule has 0 spiro atoms. The summed E-state index contributed by atoms with van der Waals surface area (Å²) in [5.41, 5.74) is 0.823. The fourth-order valence-corrected chi connectivity index (χ4v) is 3.84. The van der Waals surface area contributed by atoms with Gasteiger partial charge in [0.15, 0.2) is 5.15 Å². The van der Waals surface area contributed by atoms with Gasteiger partial charge >= 0.3 is 6.03 Å². The summed E-state index contributed by atoms with van der Waals surface area (Å²) in [6.45, 7) is 1.59. The van der Waals surface area contributed by atoms with Gasteiger partial charge in [0, 0.05) is 44.5 Å². The van der Waals surface area contributed by atoms with Gasteiger partial charge in [0.25, 0.3) is 0 Å². The lowest BCUT2D eigenvalue weighted by Crippen LogP contribution is -2.56.